The van der Waals surface area contributed by atoms with Crippen LogP contribution in [0, 0.1) is 0 Å². The minimum Gasteiger partial charge on any atom is -0.282 e. The van der Waals surface area contributed by atoms with Gasteiger partial charge in [-0.05, 0) is 6.08 Å². The maximum absolute atomic E-state index is 11.0. The molecule has 0 aromatic rings. The topological polar surface area (TPSA) is 17.1 Å². The van der Waals surface area contributed by atoms with Crippen LogP contribution in [-0.4, -0.2) is 31.7 Å². The van der Waals surface area contributed by atoms with Crippen molar-refractivity contribution < 1.29 is 4.79 Å². The second-order valence-electron chi connectivity index (χ2n) is 3.03. The molecule has 1 aliphatic rings. The summed E-state index contributed by atoms with van der Waals surface area (Å²) in [5, 5.41) is 1.10. The maximum atomic E-state index is 11.0. The van der Waals surface area contributed by atoms with Crippen molar-refractivity contribution in [1.29, 1.82) is 0 Å². The number of hydrogen-bond donors (Lipinski definition) is 1. The first-order valence-corrected chi connectivity index (χ1v) is 7.87. The molecule has 5 heteroatoms. The molecule has 1 fully saturated rings. The van der Waals surface area contributed by atoms with Gasteiger partial charge in [0.2, 0.25) is 5.12 Å². The lowest BCUT2D eigenvalue weighted by Crippen LogP contribution is -2.09. The molecular formula is C9H14OS4. The Balaban J connectivity index is 2.22. The fraction of sp³-hybridized carbons (Fsp3) is 0.667. The van der Waals surface area contributed by atoms with Gasteiger partial charge < -0.3 is 0 Å². The average molecular weight is 266 g/mol. The number of thioether (sulfide) groups is 3. The van der Waals surface area contributed by atoms with Crippen LogP contribution in [0.5, 0.6) is 0 Å². The highest BCUT2D eigenvalue weighted by atomic mass is 32.2. The summed E-state index contributed by atoms with van der Waals surface area (Å²) >= 11 is 9.71. The summed E-state index contributed by atoms with van der Waals surface area (Å²) in [4.78, 5) is 11.0. The Hall–Kier alpha value is 0.810. The molecule has 0 aliphatic carbocycles. The molecule has 3 unspecified atom stereocenters. The first-order valence-electron chi connectivity index (χ1n) is 4.38. The van der Waals surface area contributed by atoms with Gasteiger partial charge in [0.15, 0.2) is 0 Å². The lowest BCUT2D eigenvalue weighted by atomic mass is 10.5. The molecule has 1 nitrogen and oxygen atoms in total. The van der Waals surface area contributed by atoms with E-state index in [4.69, 9.17) is 0 Å². The van der Waals surface area contributed by atoms with Gasteiger partial charge in [-0.3, -0.25) is 4.79 Å². The molecule has 0 amide bonds. The fourth-order valence-corrected chi connectivity index (χ4v) is 5.75. The van der Waals surface area contributed by atoms with E-state index in [9.17, 15) is 4.79 Å². The molecule has 1 heterocycles. The lowest BCUT2D eigenvalue weighted by Gasteiger charge is -2.11. The van der Waals surface area contributed by atoms with Crippen LogP contribution in [0.2, 0.25) is 0 Å². The highest BCUT2D eigenvalue weighted by Crippen LogP contribution is 2.42. The van der Waals surface area contributed by atoms with Crippen LogP contribution in [0.3, 0.4) is 0 Å². The van der Waals surface area contributed by atoms with Gasteiger partial charge in [0.25, 0.3) is 0 Å². The molecule has 0 bridgehead atoms. The summed E-state index contributed by atoms with van der Waals surface area (Å²) in [5.74, 6) is 2.04. The Labute approximate surface area is 104 Å². The fourth-order valence-electron chi connectivity index (χ4n) is 1.04. The van der Waals surface area contributed by atoms with E-state index in [0.717, 1.165) is 11.5 Å². The minimum absolute atomic E-state index is 0.0815. The molecule has 3 atom stereocenters. The number of rotatable bonds is 4. The zero-order valence-electron chi connectivity index (χ0n) is 8.01. The largest absolute Gasteiger partial charge is 0.282 e. The molecule has 0 N–H and O–H groups in total. The number of carbonyl (C=O) groups is 1. The second-order valence-corrected chi connectivity index (χ2v) is 7.79. The van der Waals surface area contributed by atoms with Crippen LogP contribution in [0.1, 0.15) is 6.92 Å². The molecule has 1 saturated heterocycles. The van der Waals surface area contributed by atoms with Gasteiger partial charge in [0, 0.05) is 22.0 Å². The first kappa shape index (κ1) is 12.9. The molecule has 14 heavy (non-hydrogen) atoms. The van der Waals surface area contributed by atoms with Crippen molar-refractivity contribution in [2.75, 3.05) is 11.5 Å². The highest BCUT2D eigenvalue weighted by Gasteiger charge is 2.28. The van der Waals surface area contributed by atoms with Crippen LogP contribution >= 0.6 is 47.9 Å². The third-order valence-electron chi connectivity index (χ3n) is 1.74. The van der Waals surface area contributed by atoms with E-state index in [2.05, 4.69) is 26.1 Å². The van der Waals surface area contributed by atoms with E-state index in [1.165, 1.54) is 17.8 Å². The Kier molecular flexibility index (Phi) is 5.89. The molecule has 0 radical (unpaired) electrons. The summed E-state index contributed by atoms with van der Waals surface area (Å²) < 4.78 is 0.586. The van der Waals surface area contributed by atoms with Crippen molar-refractivity contribution in [2.45, 2.75) is 22.0 Å². The monoisotopic (exact) mass is 266 g/mol. The van der Waals surface area contributed by atoms with Gasteiger partial charge in [-0.25, -0.2) is 0 Å². The van der Waals surface area contributed by atoms with E-state index >= 15 is 0 Å². The molecule has 0 saturated carbocycles. The summed E-state index contributed by atoms with van der Waals surface area (Å²) in [7, 11) is 0. The number of carbonyl (C=O) groups excluding carboxylic acids is 1. The highest BCUT2D eigenvalue weighted by molar-refractivity contribution is 8.22. The Morgan fingerprint density at radius 2 is 2.57 bits per heavy atom. The third-order valence-corrected chi connectivity index (χ3v) is 7.36. The molecule has 0 aromatic carbocycles. The standard InChI is InChI=1S/C9H14OS4/c1-3-8(10)12-4-7-5-13-9(14-7)6(2)11/h3,6-7,9,11H,1,4-5H2,2H3. The van der Waals surface area contributed by atoms with Crippen LogP contribution in [0.25, 0.3) is 0 Å². The second kappa shape index (κ2) is 6.40. The summed E-state index contributed by atoms with van der Waals surface area (Å²) in [6.07, 6.45) is 1.39. The minimum atomic E-state index is 0.0815. The smallest absolute Gasteiger partial charge is 0.211 e. The molecular weight excluding hydrogens is 252 g/mol. The lowest BCUT2D eigenvalue weighted by molar-refractivity contribution is -0.107. The normalized spacial score (nSPS) is 28.7. The Morgan fingerprint density at radius 1 is 1.86 bits per heavy atom. The van der Waals surface area contributed by atoms with Crippen molar-refractivity contribution in [3.05, 3.63) is 12.7 Å². The van der Waals surface area contributed by atoms with Crippen LogP contribution < -0.4 is 0 Å². The predicted molar refractivity (Wildman–Crippen MR) is 73.7 cm³/mol. The average Bonchev–Trinajstić information content (AvgIpc) is 2.62. The van der Waals surface area contributed by atoms with Crippen molar-refractivity contribution in [2.24, 2.45) is 0 Å². The van der Waals surface area contributed by atoms with Gasteiger partial charge in [0.1, 0.15) is 0 Å². The predicted octanol–water partition coefficient (Wildman–Crippen LogP) is 2.93. The third kappa shape index (κ3) is 4.13. The zero-order chi connectivity index (χ0) is 10.6. The Bertz CT molecular complexity index is 217. The summed E-state index contributed by atoms with van der Waals surface area (Å²) in [5.41, 5.74) is 0. The van der Waals surface area contributed by atoms with Crippen LogP contribution in [0.4, 0.5) is 0 Å². The zero-order valence-corrected chi connectivity index (χ0v) is 11.4. The quantitative estimate of drug-likeness (QED) is 0.622. The molecule has 0 aromatic heterocycles. The van der Waals surface area contributed by atoms with Crippen molar-refractivity contribution in [3.63, 3.8) is 0 Å². The van der Waals surface area contributed by atoms with Gasteiger partial charge in [-0.2, -0.15) is 12.6 Å². The van der Waals surface area contributed by atoms with Crippen molar-refractivity contribution >= 4 is 53.0 Å². The maximum Gasteiger partial charge on any atom is 0.211 e. The SMILES string of the molecule is C=CC(=O)SCC1CSC(C(C)S)S1. The van der Waals surface area contributed by atoms with E-state index in [1.807, 2.05) is 23.5 Å². The van der Waals surface area contributed by atoms with Gasteiger partial charge in [-0.15, -0.1) is 23.5 Å². The molecule has 80 valence electrons. The van der Waals surface area contributed by atoms with Gasteiger partial charge in [-0.1, -0.05) is 25.3 Å². The van der Waals surface area contributed by atoms with Gasteiger partial charge in [0.05, 0.1) is 4.58 Å². The van der Waals surface area contributed by atoms with Crippen molar-refractivity contribution in [3.8, 4) is 0 Å². The van der Waals surface area contributed by atoms with Crippen molar-refractivity contribution in [1.82, 2.24) is 0 Å². The molecule has 0 spiro atoms. The summed E-state index contributed by atoms with van der Waals surface area (Å²) in [6, 6.07) is 0. The first-order chi connectivity index (χ1) is 6.63. The van der Waals surface area contributed by atoms with Gasteiger partial charge >= 0.3 is 0 Å². The summed E-state index contributed by atoms with van der Waals surface area (Å²) in [6.45, 7) is 5.58. The number of hydrogen-bond acceptors (Lipinski definition) is 5. The molecule has 1 aliphatic heterocycles. The molecule has 1 rings (SSSR count). The van der Waals surface area contributed by atoms with Crippen LogP contribution in [-0.2, 0) is 4.79 Å². The number of thiol groups is 1. The Morgan fingerprint density at radius 3 is 3.07 bits per heavy atom. The van der Waals surface area contributed by atoms with E-state index < -0.39 is 0 Å². The van der Waals surface area contributed by atoms with E-state index in [1.54, 1.807) is 0 Å². The van der Waals surface area contributed by atoms with Crippen LogP contribution in [0.15, 0.2) is 12.7 Å². The van der Waals surface area contributed by atoms with E-state index in [0.29, 0.717) is 15.1 Å². The van der Waals surface area contributed by atoms with E-state index in [-0.39, 0.29) is 5.12 Å².